The Morgan fingerprint density at radius 1 is 1.00 bits per heavy atom. The average Bonchev–Trinajstić information content (AvgIpc) is 0.811. The van der Waals surface area contributed by atoms with Crippen LogP contribution in [-0.2, 0) is 25.8 Å². The molecular weight excluding hydrogens is 275 g/mol. The standard InChI is InChI=1S/C4H9.Hf.3H2O/c1-4(2)3;;;;/h4H,1H2,2-3H3;;3*1H2/q-1;;;;. The van der Waals surface area contributed by atoms with E-state index in [0.29, 0.717) is 5.92 Å². The first-order valence-corrected chi connectivity index (χ1v) is 1.56. The van der Waals surface area contributed by atoms with E-state index in [1.54, 1.807) is 0 Å². The molecule has 0 unspecified atom stereocenters. The Morgan fingerprint density at radius 3 is 1.00 bits per heavy atom. The summed E-state index contributed by atoms with van der Waals surface area (Å²) in [6, 6.07) is 0. The fourth-order valence-corrected chi connectivity index (χ4v) is 0. The van der Waals surface area contributed by atoms with Gasteiger partial charge < -0.3 is 23.4 Å². The zero-order chi connectivity index (χ0) is 3.58. The molecule has 8 heavy (non-hydrogen) atoms. The van der Waals surface area contributed by atoms with E-state index in [1.807, 2.05) is 0 Å². The molecule has 0 radical (unpaired) electrons. The van der Waals surface area contributed by atoms with Gasteiger partial charge in [0.25, 0.3) is 0 Å². The molecule has 0 saturated carbocycles. The van der Waals surface area contributed by atoms with Crippen LogP contribution in [0, 0.1) is 12.8 Å². The molecule has 0 rings (SSSR count). The summed E-state index contributed by atoms with van der Waals surface area (Å²) in [4.78, 5) is 0. The third-order valence-electron chi connectivity index (χ3n) is 0. The summed E-state index contributed by atoms with van der Waals surface area (Å²) in [5.74, 6) is 0.583. The summed E-state index contributed by atoms with van der Waals surface area (Å²) >= 11 is 0. The summed E-state index contributed by atoms with van der Waals surface area (Å²) in [6.07, 6.45) is 0. The van der Waals surface area contributed by atoms with Crippen molar-refractivity contribution in [2.75, 3.05) is 0 Å². The van der Waals surface area contributed by atoms with E-state index in [2.05, 4.69) is 20.8 Å². The molecule has 54 valence electrons. The Labute approximate surface area is 69.2 Å². The van der Waals surface area contributed by atoms with E-state index in [4.69, 9.17) is 0 Å². The van der Waals surface area contributed by atoms with Crippen LogP contribution in [0.25, 0.3) is 0 Å². The predicted octanol–water partition coefficient (Wildman–Crippen LogP) is -1.00. The molecule has 0 atom stereocenters. The van der Waals surface area contributed by atoms with Crippen molar-refractivity contribution >= 4 is 0 Å². The zero-order valence-corrected chi connectivity index (χ0v) is 8.88. The van der Waals surface area contributed by atoms with Gasteiger partial charge in [-0.2, -0.15) is 5.92 Å². The van der Waals surface area contributed by atoms with Crippen LogP contribution in [0.3, 0.4) is 0 Å². The van der Waals surface area contributed by atoms with Gasteiger partial charge in [0.15, 0.2) is 0 Å². The normalized spacial score (nSPS) is 4.50. The van der Waals surface area contributed by atoms with Gasteiger partial charge in [0.1, 0.15) is 0 Å². The van der Waals surface area contributed by atoms with Crippen LogP contribution in [0.2, 0.25) is 0 Å². The van der Waals surface area contributed by atoms with Crippen molar-refractivity contribution in [3.8, 4) is 0 Å². The second-order valence-electron chi connectivity index (χ2n) is 1.39. The summed E-state index contributed by atoms with van der Waals surface area (Å²) in [5.41, 5.74) is 0. The van der Waals surface area contributed by atoms with Crippen molar-refractivity contribution < 1.29 is 42.3 Å². The third-order valence-corrected chi connectivity index (χ3v) is 0. The molecule has 0 spiro atoms. The van der Waals surface area contributed by atoms with Crippen molar-refractivity contribution in [2.24, 2.45) is 5.92 Å². The molecular formula is C4H15HfO3-. The van der Waals surface area contributed by atoms with Crippen LogP contribution in [0.5, 0.6) is 0 Å². The summed E-state index contributed by atoms with van der Waals surface area (Å²) < 4.78 is 0. The SMILES string of the molecule is O.O.O.[CH2-]C(C)C.[Hf]. The quantitative estimate of drug-likeness (QED) is 0.404. The smallest absolute Gasteiger partial charge is 0 e. The molecule has 0 bridgehead atoms. The number of hydrogen-bond acceptors (Lipinski definition) is 0. The van der Waals surface area contributed by atoms with Crippen molar-refractivity contribution in [3.63, 3.8) is 0 Å². The van der Waals surface area contributed by atoms with E-state index in [-0.39, 0.29) is 42.3 Å². The Balaban J connectivity index is -0.00000000750. The minimum atomic E-state index is 0. The molecule has 0 aromatic rings. The molecule has 4 heteroatoms. The first kappa shape index (κ1) is 37.4. The van der Waals surface area contributed by atoms with Crippen molar-refractivity contribution in [1.29, 1.82) is 0 Å². The van der Waals surface area contributed by atoms with Gasteiger partial charge >= 0.3 is 0 Å². The second-order valence-corrected chi connectivity index (χ2v) is 1.39. The van der Waals surface area contributed by atoms with Crippen LogP contribution >= 0.6 is 0 Å². The molecule has 0 heterocycles. The Morgan fingerprint density at radius 2 is 1.00 bits per heavy atom. The van der Waals surface area contributed by atoms with Crippen molar-refractivity contribution in [1.82, 2.24) is 0 Å². The maximum atomic E-state index is 3.64. The number of hydrogen-bond donors (Lipinski definition) is 0. The molecule has 0 aliphatic heterocycles. The fourth-order valence-electron chi connectivity index (χ4n) is 0. The maximum absolute atomic E-state index is 3.64. The molecule has 0 saturated heterocycles. The topological polar surface area (TPSA) is 94.5 Å². The van der Waals surface area contributed by atoms with Gasteiger partial charge in [-0.1, -0.05) is 13.8 Å². The largest absolute Gasteiger partial charge is 0.412 e. The van der Waals surface area contributed by atoms with Gasteiger partial charge in [-0.05, 0) is 0 Å². The molecule has 0 aliphatic carbocycles. The third kappa shape index (κ3) is 397. The van der Waals surface area contributed by atoms with Gasteiger partial charge in [0.2, 0.25) is 0 Å². The first-order chi connectivity index (χ1) is 1.73. The molecule has 0 aromatic carbocycles. The van der Waals surface area contributed by atoms with Gasteiger partial charge in [-0.25, -0.2) is 0 Å². The second kappa shape index (κ2) is 25.1. The van der Waals surface area contributed by atoms with E-state index >= 15 is 0 Å². The van der Waals surface area contributed by atoms with E-state index in [1.165, 1.54) is 0 Å². The fraction of sp³-hybridized carbons (Fsp3) is 0.750. The summed E-state index contributed by atoms with van der Waals surface area (Å²) in [5, 5.41) is 0. The average molecular weight is 290 g/mol. The molecule has 0 fully saturated rings. The van der Waals surface area contributed by atoms with E-state index in [9.17, 15) is 0 Å². The van der Waals surface area contributed by atoms with E-state index < -0.39 is 0 Å². The van der Waals surface area contributed by atoms with E-state index in [0.717, 1.165) is 0 Å². The number of rotatable bonds is 0. The van der Waals surface area contributed by atoms with Crippen LogP contribution in [0.15, 0.2) is 0 Å². The minimum Gasteiger partial charge on any atom is -0.412 e. The van der Waals surface area contributed by atoms with Gasteiger partial charge in [-0.15, -0.1) is 0 Å². The maximum Gasteiger partial charge on any atom is 0 e. The molecule has 0 aromatic heterocycles. The van der Waals surface area contributed by atoms with Crippen molar-refractivity contribution in [3.05, 3.63) is 6.92 Å². The minimum absolute atomic E-state index is 0. The molecule has 0 amide bonds. The van der Waals surface area contributed by atoms with Crippen LogP contribution in [0.4, 0.5) is 0 Å². The Bertz CT molecular complexity index is 16.0. The van der Waals surface area contributed by atoms with Gasteiger partial charge in [-0.3, -0.25) is 0 Å². The summed E-state index contributed by atoms with van der Waals surface area (Å²) in [7, 11) is 0. The predicted molar refractivity (Wildman–Crippen MR) is 31.0 cm³/mol. The Kier molecular flexibility index (Phi) is 117. The summed E-state index contributed by atoms with van der Waals surface area (Å²) in [6.45, 7) is 7.75. The first-order valence-electron chi connectivity index (χ1n) is 1.56. The molecule has 0 aliphatic rings. The Hall–Kier alpha value is 0.750. The van der Waals surface area contributed by atoms with Gasteiger partial charge in [0, 0.05) is 25.8 Å². The van der Waals surface area contributed by atoms with Crippen molar-refractivity contribution in [2.45, 2.75) is 13.8 Å². The van der Waals surface area contributed by atoms with Crippen LogP contribution < -0.4 is 0 Å². The monoisotopic (exact) mass is 291 g/mol. The molecule has 3 nitrogen and oxygen atoms in total. The van der Waals surface area contributed by atoms with Crippen LogP contribution in [0.1, 0.15) is 13.8 Å². The van der Waals surface area contributed by atoms with Crippen LogP contribution in [-0.4, -0.2) is 16.4 Å². The molecule has 6 N–H and O–H groups in total. The zero-order valence-electron chi connectivity index (χ0n) is 5.28. The van der Waals surface area contributed by atoms with Gasteiger partial charge in [0.05, 0.1) is 0 Å².